The first-order valence-corrected chi connectivity index (χ1v) is 9.88. The molecular formula is C21H22ClN3S. The summed E-state index contributed by atoms with van der Waals surface area (Å²) in [7, 11) is 0. The summed E-state index contributed by atoms with van der Waals surface area (Å²) in [6.45, 7) is 1.81. The lowest BCUT2D eigenvalue weighted by Crippen LogP contribution is -2.15. The fourth-order valence-electron chi connectivity index (χ4n) is 2.65. The summed E-state index contributed by atoms with van der Waals surface area (Å²) in [6.07, 6.45) is 2.12. The molecule has 3 N–H and O–H groups in total. The predicted molar refractivity (Wildman–Crippen MR) is 113 cm³/mol. The molecule has 1 heterocycles. The van der Waals surface area contributed by atoms with Crippen LogP contribution < -0.4 is 11.1 Å². The molecule has 0 spiro atoms. The quantitative estimate of drug-likeness (QED) is 0.320. The van der Waals surface area contributed by atoms with Gasteiger partial charge in [-0.25, -0.2) is 4.99 Å². The number of benzene rings is 2. The Kier molecular flexibility index (Phi) is 6.83. The lowest BCUT2D eigenvalue weighted by atomic mass is 10.1. The van der Waals surface area contributed by atoms with E-state index in [0.29, 0.717) is 5.84 Å². The smallest absolute Gasteiger partial charge is 0.141 e. The maximum atomic E-state index is 6.02. The van der Waals surface area contributed by atoms with Gasteiger partial charge in [-0.3, -0.25) is 0 Å². The second-order valence-corrected chi connectivity index (χ2v) is 7.44. The van der Waals surface area contributed by atoms with E-state index in [9.17, 15) is 0 Å². The van der Waals surface area contributed by atoms with E-state index in [1.165, 1.54) is 11.1 Å². The van der Waals surface area contributed by atoms with Crippen LogP contribution in [0, 0.1) is 0 Å². The van der Waals surface area contributed by atoms with Crippen LogP contribution in [0.3, 0.4) is 0 Å². The SMILES string of the molecule is NC(=Nc1ccc(CCCNCc2cccc(Cl)c2)cc1)c1cccs1. The van der Waals surface area contributed by atoms with Crippen LogP contribution in [0.25, 0.3) is 0 Å². The number of thiophene rings is 1. The van der Waals surface area contributed by atoms with Gasteiger partial charge in [-0.15, -0.1) is 11.3 Å². The minimum Gasteiger partial charge on any atom is -0.383 e. The summed E-state index contributed by atoms with van der Waals surface area (Å²) in [5, 5.41) is 6.24. The van der Waals surface area contributed by atoms with Gasteiger partial charge >= 0.3 is 0 Å². The third-order valence-corrected chi connectivity index (χ3v) is 5.12. The molecule has 0 saturated carbocycles. The van der Waals surface area contributed by atoms with Gasteiger partial charge in [0.05, 0.1) is 10.6 Å². The Hall–Kier alpha value is -2.14. The fourth-order valence-corrected chi connectivity index (χ4v) is 3.49. The minimum absolute atomic E-state index is 0.568. The summed E-state index contributed by atoms with van der Waals surface area (Å²) < 4.78 is 0. The molecule has 0 aliphatic carbocycles. The Bertz CT molecular complexity index is 842. The number of hydrogen-bond acceptors (Lipinski definition) is 3. The molecule has 2 aromatic carbocycles. The third-order valence-electron chi connectivity index (χ3n) is 4.00. The van der Waals surface area contributed by atoms with Crippen LogP contribution >= 0.6 is 22.9 Å². The second kappa shape index (κ2) is 9.53. The Balaban J connectivity index is 1.42. The fraction of sp³-hybridized carbons (Fsp3) is 0.190. The molecule has 0 aliphatic rings. The summed E-state index contributed by atoms with van der Waals surface area (Å²) in [5.41, 5.74) is 9.43. The van der Waals surface area contributed by atoms with E-state index in [1.807, 2.05) is 47.8 Å². The van der Waals surface area contributed by atoms with Gasteiger partial charge in [0.1, 0.15) is 5.84 Å². The first-order valence-electron chi connectivity index (χ1n) is 8.63. The van der Waals surface area contributed by atoms with Crippen molar-refractivity contribution in [2.24, 2.45) is 10.7 Å². The maximum absolute atomic E-state index is 6.02. The van der Waals surface area contributed by atoms with E-state index in [1.54, 1.807) is 11.3 Å². The second-order valence-electron chi connectivity index (χ2n) is 6.05. The molecule has 0 bridgehead atoms. The number of rotatable bonds is 8. The van der Waals surface area contributed by atoms with Gasteiger partial charge in [-0.1, -0.05) is 41.9 Å². The summed E-state index contributed by atoms with van der Waals surface area (Å²) >= 11 is 7.59. The van der Waals surface area contributed by atoms with Crippen LogP contribution in [0.5, 0.6) is 0 Å². The van der Waals surface area contributed by atoms with Gasteiger partial charge in [0.2, 0.25) is 0 Å². The zero-order valence-corrected chi connectivity index (χ0v) is 16.1. The van der Waals surface area contributed by atoms with Crippen LogP contribution in [0.2, 0.25) is 5.02 Å². The zero-order chi connectivity index (χ0) is 18.2. The number of amidine groups is 1. The van der Waals surface area contributed by atoms with E-state index >= 15 is 0 Å². The van der Waals surface area contributed by atoms with Crippen molar-refractivity contribution in [1.82, 2.24) is 5.32 Å². The van der Waals surface area contributed by atoms with Crippen LogP contribution in [0.1, 0.15) is 22.4 Å². The molecule has 0 aliphatic heterocycles. The lowest BCUT2D eigenvalue weighted by Gasteiger charge is -2.06. The highest BCUT2D eigenvalue weighted by molar-refractivity contribution is 7.12. The molecule has 0 atom stereocenters. The van der Waals surface area contributed by atoms with E-state index in [-0.39, 0.29) is 0 Å². The van der Waals surface area contributed by atoms with Crippen molar-refractivity contribution in [1.29, 1.82) is 0 Å². The van der Waals surface area contributed by atoms with E-state index in [4.69, 9.17) is 17.3 Å². The molecule has 26 heavy (non-hydrogen) atoms. The van der Waals surface area contributed by atoms with E-state index in [0.717, 1.165) is 41.5 Å². The van der Waals surface area contributed by atoms with Gasteiger partial charge in [0.25, 0.3) is 0 Å². The van der Waals surface area contributed by atoms with Crippen LogP contribution in [-0.4, -0.2) is 12.4 Å². The van der Waals surface area contributed by atoms with Crippen molar-refractivity contribution in [3.8, 4) is 0 Å². The van der Waals surface area contributed by atoms with Crippen LogP contribution in [0.4, 0.5) is 5.69 Å². The zero-order valence-electron chi connectivity index (χ0n) is 14.5. The van der Waals surface area contributed by atoms with E-state index < -0.39 is 0 Å². The lowest BCUT2D eigenvalue weighted by molar-refractivity contribution is 0.649. The van der Waals surface area contributed by atoms with E-state index in [2.05, 4.69) is 28.5 Å². The maximum Gasteiger partial charge on any atom is 0.141 e. The van der Waals surface area contributed by atoms with Gasteiger partial charge in [0.15, 0.2) is 0 Å². The molecule has 1 aromatic heterocycles. The van der Waals surface area contributed by atoms with Crippen molar-refractivity contribution >= 4 is 34.5 Å². The Labute approximate surface area is 163 Å². The highest BCUT2D eigenvalue weighted by Crippen LogP contribution is 2.17. The topological polar surface area (TPSA) is 50.4 Å². The first kappa shape index (κ1) is 18.6. The molecular weight excluding hydrogens is 362 g/mol. The van der Waals surface area contributed by atoms with Gasteiger partial charge in [-0.2, -0.15) is 0 Å². The van der Waals surface area contributed by atoms with Gasteiger partial charge in [-0.05, 0) is 66.2 Å². The normalized spacial score (nSPS) is 11.7. The summed E-state index contributed by atoms with van der Waals surface area (Å²) in [6, 6.07) is 20.2. The monoisotopic (exact) mass is 383 g/mol. The number of aryl methyl sites for hydroxylation is 1. The summed E-state index contributed by atoms with van der Waals surface area (Å²) in [4.78, 5) is 5.47. The molecule has 3 rings (SSSR count). The van der Waals surface area contributed by atoms with Gasteiger partial charge < -0.3 is 11.1 Å². The standard InChI is InChI=1S/C21H22ClN3S/c22-18-6-1-4-17(14-18)15-24-12-2-5-16-8-10-19(11-9-16)25-21(23)20-7-3-13-26-20/h1,3-4,6-11,13-14,24H,2,5,12,15H2,(H2,23,25). The van der Waals surface area contributed by atoms with Crippen molar-refractivity contribution in [2.75, 3.05) is 6.54 Å². The molecule has 0 unspecified atom stereocenters. The predicted octanol–water partition coefficient (Wildman–Crippen LogP) is 5.16. The average Bonchev–Trinajstić information content (AvgIpc) is 3.18. The van der Waals surface area contributed by atoms with Crippen molar-refractivity contribution < 1.29 is 0 Å². The summed E-state index contributed by atoms with van der Waals surface area (Å²) in [5.74, 6) is 0.568. The van der Waals surface area contributed by atoms with Crippen LogP contribution in [-0.2, 0) is 13.0 Å². The highest BCUT2D eigenvalue weighted by Gasteiger charge is 2.00. The molecule has 0 radical (unpaired) electrons. The highest BCUT2D eigenvalue weighted by atomic mass is 35.5. The number of halogens is 1. The number of nitrogens with one attached hydrogen (secondary N) is 1. The first-order chi connectivity index (χ1) is 12.7. The number of nitrogens with two attached hydrogens (primary N) is 1. The molecule has 0 fully saturated rings. The van der Waals surface area contributed by atoms with Crippen molar-refractivity contribution in [3.63, 3.8) is 0 Å². The third kappa shape index (κ3) is 5.70. The number of hydrogen-bond donors (Lipinski definition) is 2. The largest absolute Gasteiger partial charge is 0.383 e. The van der Waals surface area contributed by atoms with Crippen LogP contribution in [0.15, 0.2) is 71.0 Å². The number of nitrogens with zero attached hydrogens (tertiary/aromatic N) is 1. The molecule has 3 aromatic rings. The van der Waals surface area contributed by atoms with Crippen molar-refractivity contribution in [3.05, 3.63) is 87.1 Å². The molecule has 5 heteroatoms. The number of aliphatic imine (C=N–C) groups is 1. The van der Waals surface area contributed by atoms with Gasteiger partial charge in [0, 0.05) is 11.6 Å². The Morgan fingerprint density at radius 3 is 2.62 bits per heavy atom. The molecule has 0 saturated heterocycles. The minimum atomic E-state index is 0.568. The Morgan fingerprint density at radius 2 is 1.88 bits per heavy atom. The average molecular weight is 384 g/mol. The molecule has 0 amide bonds. The molecule has 3 nitrogen and oxygen atoms in total. The van der Waals surface area contributed by atoms with Crippen molar-refractivity contribution in [2.45, 2.75) is 19.4 Å². The molecule has 134 valence electrons. The Morgan fingerprint density at radius 1 is 1.04 bits per heavy atom.